The summed E-state index contributed by atoms with van der Waals surface area (Å²) in [5.41, 5.74) is 1.22. The quantitative estimate of drug-likeness (QED) is 0.763. The Morgan fingerprint density at radius 3 is 2.67 bits per heavy atom. The number of hydrogen-bond donors (Lipinski definition) is 1. The van der Waals surface area contributed by atoms with E-state index in [-0.39, 0.29) is 5.54 Å². The molecule has 1 fully saturated rings. The maximum absolute atomic E-state index is 5.22. The first-order chi connectivity index (χ1) is 10.1. The van der Waals surface area contributed by atoms with E-state index in [0.717, 1.165) is 13.2 Å². The summed E-state index contributed by atoms with van der Waals surface area (Å²) in [4.78, 5) is 4.95. The van der Waals surface area contributed by atoms with Gasteiger partial charge in [-0.25, -0.2) is 4.98 Å². The van der Waals surface area contributed by atoms with Gasteiger partial charge >= 0.3 is 0 Å². The van der Waals surface area contributed by atoms with Crippen LogP contribution in [0, 0.1) is 5.92 Å². The molecule has 1 unspecified atom stereocenters. The van der Waals surface area contributed by atoms with Gasteiger partial charge < -0.3 is 10.1 Å². The van der Waals surface area contributed by atoms with Gasteiger partial charge in [0.1, 0.15) is 5.01 Å². The van der Waals surface area contributed by atoms with Crippen LogP contribution in [0.4, 0.5) is 0 Å². The molecule has 0 bridgehead atoms. The third-order valence-electron chi connectivity index (χ3n) is 4.78. The normalized spacial score (nSPS) is 19.9. The van der Waals surface area contributed by atoms with Crippen LogP contribution >= 0.6 is 11.3 Å². The zero-order valence-electron chi connectivity index (χ0n) is 13.9. The number of nitrogens with one attached hydrogen (secondary N) is 1. The first kappa shape index (κ1) is 16.9. The molecule has 0 aromatic carbocycles. The minimum Gasteiger partial charge on any atom is -0.383 e. The number of hydrogen-bond acceptors (Lipinski definition) is 4. The molecule has 0 radical (unpaired) electrons. The maximum atomic E-state index is 5.22. The Bertz CT molecular complexity index is 426. The van der Waals surface area contributed by atoms with Gasteiger partial charge in [0, 0.05) is 19.0 Å². The molecule has 1 N–H and O–H groups in total. The van der Waals surface area contributed by atoms with Crippen LogP contribution in [-0.2, 0) is 10.3 Å². The molecular formula is C17H30N2OS. The lowest BCUT2D eigenvalue weighted by Crippen LogP contribution is -2.48. The fourth-order valence-corrected chi connectivity index (χ4v) is 4.48. The highest BCUT2D eigenvalue weighted by molar-refractivity contribution is 7.09. The Balaban J connectivity index is 2.20. The average molecular weight is 311 g/mol. The van der Waals surface area contributed by atoms with Gasteiger partial charge in [-0.3, -0.25) is 0 Å². The third kappa shape index (κ3) is 4.05. The molecule has 0 saturated heterocycles. The number of thiazole rings is 1. The molecule has 21 heavy (non-hydrogen) atoms. The monoisotopic (exact) mass is 310 g/mol. The van der Waals surface area contributed by atoms with E-state index in [9.17, 15) is 0 Å². The standard InChI is InChI=1S/C17H30N2OS/c1-13(2)15-12-21-16(19-15)17(3,18-10-11-20-4)14-8-6-5-7-9-14/h12-14,18H,5-11H2,1-4H3. The van der Waals surface area contributed by atoms with Gasteiger partial charge in [0.2, 0.25) is 0 Å². The van der Waals surface area contributed by atoms with Gasteiger partial charge in [0.25, 0.3) is 0 Å². The van der Waals surface area contributed by atoms with Gasteiger partial charge in [0.15, 0.2) is 0 Å². The Morgan fingerprint density at radius 2 is 2.10 bits per heavy atom. The first-order valence-electron chi connectivity index (χ1n) is 8.27. The highest BCUT2D eigenvalue weighted by Crippen LogP contribution is 2.40. The van der Waals surface area contributed by atoms with Crippen molar-refractivity contribution in [2.75, 3.05) is 20.3 Å². The molecule has 1 aromatic heterocycles. The summed E-state index contributed by atoms with van der Waals surface area (Å²) in [5.74, 6) is 1.19. The maximum Gasteiger partial charge on any atom is 0.113 e. The van der Waals surface area contributed by atoms with Crippen molar-refractivity contribution in [2.45, 2.75) is 64.3 Å². The van der Waals surface area contributed by atoms with Crippen LogP contribution in [0.3, 0.4) is 0 Å². The van der Waals surface area contributed by atoms with Crippen molar-refractivity contribution in [3.63, 3.8) is 0 Å². The second-order valence-electron chi connectivity index (χ2n) is 6.69. The SMILES string of the molecule is COCCNC(C)(c1nc(C(C)C)cs1)C1CCCCC1. The molecule has 1 aliphatic carbocycles. The molecule has 3 nitrogen and oxygen atoms in total. The fraction of sp³-hybridized carbons (Fsp3) is 0.824. The van der Waals surface area contributed by atoms with E-state index in [0.29, 0.717) is 11.8 Å². The number of aromatic nitrogens is 1. The van der Waals surface area contributed by atoms with Crippen LogP contribution in [0.15, 0.2) is 5.38 Å². The molecule has 1 heterocycles. The third-order valence-corrected chi connectivity index (χ3v) is 5.88. The molecule has 1 aromatic rings. The van der Waals surface area contributed by atoms with E-state index in [1.807, 2.05) is 11.3 Å². The Kier molecular flexibility index (Phi) is 6.20. The van der Waals surface area contributed by atoms with Crippen molar-refractivity contribution in [3.8, 4) is 0 Å². The van der Waals surface area contributed by atoms with Crippen LogP contribution in [-0.4, -0.2) is 25.2 Å². The molecular weight excluding hydrogens is 280 g/mol. The highest BCUT2D eigenvalue weighted by Gasteiger charge is 2.38. The minimum absolute atomic E-state index is 0.00322. The van der Waals surface area contributed by atoms with E-state index in [2.05, 4.69) is 31.5 Å². The van der Waals surface area contributed by atoms with E-state index in [1.165, 1.54) is 42.8 Å². The van der Waals surface area contributed by atoms with Gasteiger partial charge in [-0.15, -0.1) is 11.3 Å². The second kappa shape index (κ2) is 7.70. The molecule has 0 spiro atoms. The van der Waals surface area contributed by atoms with Crippen LogP contribution in [0.5, 0.6) is 0 Å². The highest BCUT2D eigenvalue weighted by atomic mass is 32.1. The smallest absolute Gasteiger partial charge is 0.113 e. The topological polar surface area (TPSA) is 34.1 Å². The van der Waals surface area contributed by atoms with Gasteiger partial charge in [0.05, 0.1) is 17.8 Å². The lowest BCUT2D eigenvalue weighted by molar-refractivity contribution is 0.145. The van der Waals surface area contributed by atoms with Crippen LogP contribution in [0.25, 0.3) is 0 Å². The second-order valence-corrected chi connectivity index (χ2v) is 7.55. The van der Waals surface area contributed by atoms with E-state index < -0.39 is 0 Å². The number of nitrogens with zero attached hydrogens (tertiary/aromatic N) is 1. The molecule has 0 amide bonds. The molecule has 120 valence electrons. The summed E-state index contributed by atoms with van der Waals surface area (Å²) in [6.07, 6.45) is 6.73. The van der Waals surface area contributed by atoms with Crippen LogP contribution in [0.2, 0.25) is 0 Å². The Hall–Kier alpha value is -0.450. The van der Waals surface area contributed by atoms with Crippen LogP contribution < -0.4 is 5.32 Å². The summed E-state index contributed by atoms with van der Waals surface area (Å²) in [5, 5.41) is 7.25. The molecule has 1 atom stereocenters. The van der Waals surface area contributed by atoms with Crippen LogP contribution in [0.1, 0.15) is 69.5 Å². The molecule has 1 saturated carbocycles. The summed E-state index contributed by atoms with van der Waals surface area (Å²) in [7, 11) is 1.76. The molecule has 1 aliphatic rings. The molecule has 4 heteroatoms. The lowest BCUT2D eigenvalue weighted by atomic mass is 9.76. The fourth-order valence-electron chi connectivity index (χ4n) is 3.28. The Morgan fingerprint density at radius 1 is 1.38 bits per heavy atom. The number of ether oxygens (including phenoxy) is 1. The minimum atomic E-state index is -0.00322. The van der Waals surface area contributed by atoms with Gasteiger partial charge in [-0.05, 0) is 31.6 Å². The van der Waals surface area contributed by atoms with Crippen molar-refractivity contribution in [1.82, 2.24) is 10.3 Å². The van der Waals surface area contributed by atoms with Crippen molar-refractivity contribution in [2.24, 2.45) is 5.92 Å². The lowest BCUT2D eigenvalue weighted by Gasteiger charge is -2.39. The van der Waals surface area contributed by atoms with Gasteiger partial charge in [-0.1, -0.05) is 33.1 Å². The first-order valence-corrected chi connectivity index (χ1v) is 9.15. The zero-order chi connectivity index (χ0) is 15.3. The van der Waals surface area contributed by atoms with Crippen molar-refractivity contribution in [1.29, 1.82) is 0 Å². The zero-order valence-corrected chi connectivity index (χ0v) is 14.8. The predicted molar refractivity (Wildman–Crippen MR) is 90.0 cm³/mol. The van der Waals surface area contributed by atoms with E-state index in [1.54, 1.807) is 7.11 Å². The van der Waals surface area contributed by atoms with Gasteiger partial charge in [-0.2, -0.15) is 0 Å². The van der Waals surface area contributed by atoms with E-state index >= 15 is 0 Å². The summed E-state index contributed by atoms with van der Waals surface area (Å²) >= 11 is 1.82. The van der Waals surface area contributed by atoms with Crippen molar-refractivity contribution >= 4 is 11.3 Å². The summed E-state index contributed by atoms with van der Waals surface area (Å²) in [6.45, 7) is 8.43. The Labute approximate surface area is 133 Å². The van der Waals surface area contributed by atoms with E-state index in [4.69, 9.17) is 9.72 Å². The molecule has 0 aliphatic heterocycles. The van der Waals surface area contributed by atoms with Crippen molar-refractivity contribution in [3.05, 3.63) is 16.1 Å². The number of methoxy groups -OCH3 is 1. The van der Waals surface area contributed by atoms with Crippen molar-refractivity contribution < 1.29 is 4.74 Å². The summed E-state index contributed by atoms with van der Waals surface area (Å²) in [6, 6.07) is 0. The average Bonchev–Trinajstić information content (AvgIpc) is 2.99. The predicted octanol–water partition coefficient (Wildman–Crippen LogP) is 4.30. The number of rotatable bonds is 7. The molecule has 2 rings (SSSR count). The largest absolute Gasteiger partial charge is 0.383 e. The summed E-state index contributed by atoms with van der Waals surface area (Å²) < 4.78 is 5.22.